The molecule has 116 valence electrons. The third kappa shape index (κ3) is 3.79. The van der Waals surface area contributed by atoms with E-state index in [9.17, 15) is 8.42 Å². The molecule has 22 heavy (non-hydrogen) atoms. The van der Waals surface area contributed by atoms with Crippen LogP contribution in [0.5, 0.6) is 0 Å². The van der Waals surface area contributed by atoms with Crippen LogP contribution < -0.4 is 17.2 Å². The Morgan fingerprint density at radius 3 is 2.27 bits per heavy atom. The highest BCUT2D eigenvalue weighted by atomic mass is 32.2. The first kappa shape index (κ1) is 15.4. The summed E-state index contributed by atoms with van der Waals surface area (Å²) in [4.78, 5) is 7.54. The minimum atomic E-state index is -3.54. The SMILES string of the molecule is CS(=O)(=O)c1nnc(-c2ccc(N=C(N)N=C(N)N)cc2)o1. The molecule has 0 saturated carbocycles. The van der Waals surface area contributed by atoms with Gasteiger partial charge in [-0.25, -0.2) is 13.4 Å². The summed E-state index contributed by atoms with van der Waals surface area (Å²) in [5.74, 6) is -0.213. The van der Waals surface area contributed by atoms with Crippen molar-refractivity contribution < 1.29 is 12.8 Å². The largest absolute Gasteiger partial charge is 0.408 e. The van der Waals surface area contributed by atoms with Crippen molar-refractivity contribution >= 4 is 27.4 Å². The summed E-state index contributed by atoms with van der Waals surface area (Å²) in [6.07, 6.45) is 0.981. The van der Waals surface area contributed by atoms with Crippen LogP contribution in [-0.4, -0.2) is 36.8 Å². The standard InChI is InChI=1S/C11H13N7O3S/c1-22(19,20)11-18-17-8(21-11)6-2-4-7(5-3-6)15-10(14)16-9(12)13/h2-5H,1H3,(H6,12,13,14,15,16). The van der Waals surface area contributed by atoms with Gasteiger partial charge in [0.15, 0.2) is 5.96 Å². The first-order chi connectivity index (χ1) is 10.3. The second-order valence-corrected chi connectivity index (χ2v) is 6.09. The molecule has 1 aromatic heterocycles. The van der Waals surface area contributed by atoms with Crippen molar-refractivity contribution in [3.63, 3.8) is 0 Å². The molecule has 0 fully saturated rings. The van der Waals surface area contributed by atoms with Crippen molar-refractivity contribution in [2.75, 3.05) is 6.26 Å². The molecule has 0 spiro atoms. The molecule has 2 aromatic rings. The molecule has 0 unspecified atom stereocenters. The molecule has 0 aliphatic heterocycles. The normalized spacial score (nSPS) is 12.1. The molecule has 10 nitrogen and oxygen atoms in total. The number of nitrogens with two attached hydrogens (primary N) is 3. The summed E-state index contributed by atoms with van der Waals surface area (Å²) < 4.78 is 27.6. The lowest BCUT2D eigenvalue weighted by Gasteiger charge is -1.98. The van der Waals surface area contributed by atoms with Gasteiger partial charge in [-0.3, -0.25) is 0 Å². The van der Waals surface area contributed by atoms with Gasteiger partial charge in [-0.1, -0.05) is 5.10 Å². The molecule has 0 aliphatic carbocycles. The Balaban J connectivity index is 2.26. The maximum atomic E-state index is 11.3. The van der Waals surface area contributed by atoms with E-state index in [0.29, 0.717) is 11.3 Å². The van der Waals surface area contributed by atoms with Gasteiger partial charge in [0.2, 0.25) is 21.7 Å². The summed E-state index contributed by atoms with van der Waals surface area (Å²) in [7, 11) is -3.54. The van der Waals surface area contributed by atoms with E-state index in [4.69, 9.17) is 21.6 Å². The van der Waals surface area contributed by atoms with E-state index in [2.05, 4.69) is 20.2 Å². The zero-order valence-electron chi connectivity index (χ0n) is 11.5. The minimum Gasteiger partial charge on any atom is -0.408 e. The molecule has 6 N–H and O–H groups in total. The summed E-state index contributed by atoms with van der Waals surface area (Å²) in [5.41, 5.74) is 16.9. The Kier molecular flexibility index (Phi) is 4.08. The van der Waals surface area contributed by atoms with E-state index in [1.807, 2.05) is 0 Å². The van der Waals surface area contributed by atoms with Crippen LogP contribution in [0.15, 0.2) is 43.9 Å². The van der Waals surface area contributed by atoms with E-state index in [1.165, 1.54) is 0 Å². The number of aromatic nitrogens is 2. The fraction of sp³-hybridized carbons (Fsp3) is 0.0909. The van der Waals surface area contributed by atoms with Gasteiger partial charge in [0, 0.05) is 11.8 Å². The summed E-state index contributed by atoms with van der Waals surface area (Å²) >= 11 is 0. The number of aliphatic imine (C=N–C) groups is 2. The molecule has 0 aliphatic rings. The van der Waals surface area contributed by atoms with Gasteiger partial charge < -0.3 is 21.6 Å². The van der Waals surface area contributed by atoms with Crippen LogP contribution in [-0.2, 0) is 9.84 Å². The van der Waals surface area contributed by atoms with Gasteiger partial charge in [0.1, 0.15) is 0 Å². The molecule has 1 aromatic carbocycles. The highest BCUT2D eigenvalue weighted by Gasteiger charge is 2.17. The van der Waals surface area contributed by atoms with Gasteiger partial charge >= 0.3 is 5.22 Å². The first-order valence-corrected chi connectivity index (χ1v) is 7.72. The molecule has 11 heteroatoms. The van der Waals surface area contributed by atoms with Gasteiger partial charge in [0.05, 0.1) is 5.69 Å². The number of benzene rings is 1. The maximum absolute atomic E-state index is 11.3. The fourth-order valence-electron chi connectivity index (χ4n) is 1.44. The molecule has 0 amide bonds. The Labute approximate surface area is 125 Å². The monoisotopic (exact) mass is 323 g/mol. The lowest BCUT2D eigenvalue weighted by Crippen LogP contribution is -2.26. The van der Waals surface area contributed by atoms with E-state index in [1.54, 1.807) is 24.3 Å². The average molecular weight is 323 g/mol. The third-order valence-electron chi connectivity index (χ3n) is 2.33. The van der Waals surface area contributed by atoms with Crippen LogP contribution in [0.1, 0.15) is 0 Å². The van der Waals surface area contributed by atoms with E-state index >= 15 is 0 Å². The van der Waals surface area contributed by atoms with Crippen LogP contribution >= 0.6 is 0 Å². The second kappa shape index (κ2) is 5.81. The minimum absolute atomic E-state index is 0.0770. The number of hydrogen-bond acceptors (Lipinski definition) is 6. The summed E-state index contributed by atoms with van der Waals surface area (Å²) in [6, 6.07) is 6.44. The van der Waals surface area contributed by atoms with Gasteiger partial charge in [-0.05, 0) is 24.3 Å². The maximum Gasteiger partial charge on any atom is 0.335 e. The quantitative estimate of drug-likeness (QED) is 0.493. The van der Waals surface area contributed by atoms with Crippen molar-refractivity contribution in [2.45, 2.75) is 5.22 Å². The Hall–Kier alpha value is -2.95. The number of nitrogens with zero attached hydrogens (tertiary/aromatic N) is 4. The van der Waals surface area contributed by atoms with Crippen LogP contribution in [0.4, 0.5) is 5.69 Å². The van der Waals surface area contributed by atoms with E-state index < -0.39 is 15.1 Å². The molecule has 0 bridgehead atoms. The molecular weight excluding hydrogens is 310 g/mol. The molecule has 0 atom stereocenters. The third-order valence-corrected chi connectivity index (χ3v) is 3.12. The Morgan fingerprint density at radius 2 is 1.77 bits per heavy atom. The molecule has 1 heterocycles. The van der Waals surface area contributed by atoms with Gasteiger partial charge in [0.25, 0.3) is 0 Å². The summed E-state index contributed by atoms with van der Waals surface area (Å²) in [5, 5.41) is 6.70. The topological polar surface area (TPSA) is 176 Å². The number of hydrogen-bond donors (Lipinski definition) is 3. The van der Waals surface area contributed by atoms with Crippen LogP contribution in [0, 0.1) is 0 Å². The molecule has 0 radical (unpaired) electrons. The van der Waals surface area contributed by atoms with Crippen LogP contribution in [0.3, 0.4) is 0 Å². The second-order valence-electron chi connectivity index (χ2n) is 4.20. The van der Waals surface area contributed by atoms with Crippen molar-refractivity contribution in [3.05, 3.63) is 24.3 Å². The average Bonchev–Trinajstić information content (AvgIpc) is 2.88. The molecular formula is C11H13N7O3S. The summed E-state index contributed by atoms with van der Waals surface area (Å²) in [6.45, 7) is 0. The van der Waals surface area contributed by atoms with Gasteiger partial charge in [-0.15, -0.1) is 5.10 Å². The highest BCUT2D eigenvalue weighted by molar-refractivity contribution is 7.90. The predicted octanol–water partition coefficient (Wildman–Crippen LogP) is -0.640. The van der Waals surface area contributed by atoms with Crippen molar-refractivity contribution in [2.24, 2.45) is 27.2 Å². The first-order valence-electron chi connectivity index (χ1n) is 5.83. The predicted molar refractivity (Wildman–Crippen MR) is 79.9 cm³/mol. The fourth-order valence-corrected chi connectivity index (χ4v) is 1.86. The zero-order valence-corrected chi connectivity index (χ0v) is 12.3. The van der Waals surface area contributed by atoms with Crippen LogP contribution in [0.25, 0.3) is 11.5 Å². The molecule has 2 rings (SSSR count). The van der Waals surface area contributed by atoms with Crippen LogP contribution in [0.2, 0.25) is 0 Å². The van der Waals surface area contributed by atoms with Crippen molar-refractivity contribution in [1.82, 2.24) is 10.2 Å². The van der Waals surface area contributed by atoms with Crippen molar-refractivity contribution in [3.8, 4) is 11.5 Å². The smallest absolute Gasteiger partial charge is 0.335 e. The number of guanidine groups is 2. The Bertz CT molecular complexity index is 833. The lowest BCUT2D eigenvalue weighted by atomic mass is 10.2. The van der Waals surface area contributed by atoms with Gasteiger partial charge in [-0.2, -0.15) is 4.99 Å². The zero-order chi connectivity index (χ0) is 16.3. The van der Waals surface area contributed by atoms with Crippen molar-refractivity contribution in [1.29, 1.82) is 0 Å². The Morgan fingerprint density at radius 1 is 1.14 bits per heavy atom. The number of rotatable bonds is 3. The van der Waals surface area contributed by atoms with E-state index in [-0.39, 0.29) is 17.8 Å². The lowest BCUT2D eigenvalue weighted by molar-refractivity contribution is 0.442. The number of sulfone groups is 1. The van der Waals surface area contributed by atoms with E-state index in [0.717, 1.165) is 6.26 Å². The highest BCUT2D eigenvalue weighted by Crippen LogP contribution is 2.22. The molecule has 0 saturated heterocycles.